The molecule has 6 heteroatoms. The lowest BCUT2D eigenvalue weighted by Crippen LogP contribution is -2.37. The maximum atomic E-state index is 13.5. The van der Waals surface area contributed by atoms with Gasteiger partial charge in [0.25, 0.3) is 0 Å². The second kappa shape index (κ2) is 13.2. The lowest BCUT2D eigenvalue weighted by atomic mass is 9.75. The Hall–Kier alpha value is -3.80. The van der Waals surface area contributed by atoms with Crippen LogP contribution in [-0.2, 0) is 10.3 Å². The molecule has 4 aromatic carbocycles. The van der Waals surface area contributed by atoms with E-state index in [1.165, 1.54) is 0 Å². The molecular weight excluding hydrogens is 558 g/mol. The van der Waals surface area contributed by atoms with Crippen molar-refractivity contribution in [3.8, 4) is 16.9 Å². The highest BCUT2D eigenvalue weighted by Gasteiger charge is 2.38. The fourth-order valence-electron chi connectivity index (χ4n) is 6.51. The molecule has 1 fully saturated rings. The van der Waals surface area contributed by atoms with Gasteiger partial charge in [-0.05, 0) is 59.9 Å². The van der Waals surface area contributed by atoms with Crippen LogP contribution in [0.25, 0.3) is 11.1 Å². The number of hydrogen-bond donors (Lipinski definition) is 2. The van der Waals surface area contributed by atoms with Gasteiger partial charge in [-0.15, -0.1) is 0 Å². The number of amides is 1. The summed E-state index contributed by atoms with van der Waals surface area (Å²) in [6.45, 7) is 6.59. The Balaban J connectivity index is 1.63. The van der Waals surface area contributed by atoms with Gasteiger partial charge in [-0.25, -0.2) is 4.79 Å². The van der Waals surface area contributed by atoms with E-state index >= 15 is 0 Å². The third-order valence-corrected chi connectivity index (χ3v) is 9.05. The molecule has 5 nitrogen and oxygen atoms in total. The van der Waals surface area contributed by atoms with Gasteiger partial charge in [-0.1, -0.05) is 118 Å². The Labute approximate surface area is 259 Å². The molecule has 0 aliphatic heterocycles. The predicted octanol–water partition coefficient (Wildman–Crippen LogP) is 9.31. The van der Waals surface area contributed by atoms with Crippen LogP contribution in [-0.4, -0.2) is 24.4 Å². The van der Waals surface area contributed by atoms with Crippen molar-refractivity contribution in [2.24, 2.45) is 17.8 Å². The van der Waals surface area contributed by atoms with Gasteiger partial charge in [-0.2, -0.15) is 0 Å². The van der Waals surface area contributed by atoms with E-state index in [1.807, 2.05) is 78.9 Å². The van der Waals surface area contributed by atoms with E-state index in [0.29, 0.717) is 62.0 Å². The Morgan fingerprint density at radius 2 is 1.51 bits per heavy atom. The van der Waals surface area contributed by atoms with E-state index in [4.69, 9.17) is 21.1 Å². The van der Waals surface area contributed by atoms with Crippen LogP contribution in [0.15, 0.2) is 97.1 Å². The molecule has 3 atom stereocenters. The first-order chi connectivity index (χ1) is 20.7. The van der Waals surface area contributed by atoms with Gasteiger partial charge < -0.3 is 14.6 Å². The van der Waals surface area contributed by atoms with Crippen LogP contribution in [0, 0.1) is 17.8 Å². The summed E-state index contributed by atoms with van der Waals surface area (Å²) in [5.74, 6) is 1.73. The summed E-state index contributed by atoms with van der Waals surface area (Å²) >= 11 is 6.94. The summed E-state index contributed by atoms with van der Waals surface area (Å²) in [7, 11) is 1.58. The van der Waals surface area contributed by atoms with Crippen molar-refractivity contribution in [1.82, 2.24) is 0 Å². The smallest absolute Gasteiger partial charge is 0.411 e. The Kier molecular flexibility index (Phi) is 9.43. The van der Waals surface area contributed by atoms with E-state index in [1.54, 1.807) is 25.3 Å². The summed E-state index contributed by atoms with van der Waals surface area (Å²) in [5, 5.41) is 16.2. The van der Waals surface area contributed by atoms with Gasteiger partial charge in [0.2, 0.25) is 0 Å². The molecule has 0 unspecified atom stereocenters. The number of methoxy groups -OCH3 is 1. The Morgan fingerprint density at radius 3 is 2.12 bits per heavy atom. The van der Waals surface area contributed by atoms with Gasteiger partial charge in [0, 0.05) is 16.7 Å². The molecule has 2 N–H and O–H groups in total. The number of carbonyl (C=O) groups is 1. The number of benzene rings is 4. The van der Waals surface area contributed by atoms with Gasteiger partial charge in [0.1, 0.15) is 17.5 Å². The van der Waals surface area contributed by atoms with Crippen molar-refractivity contribution in [2.75, 3.05) is 12.4 Å². The summed E-state index contributed by atoms with van der Waals surface area (Å²) in [6.07, 6.45) is 2.35. The largest absolute Gasteiger partial charge is 0.496 e. The number of hydrogen-bond acceptors (Lipinski definition) is 4. The number of halogens is 1. The third kappa shape index (κ3) is 6.29. The molecule has 43 heavy (non-hydrogen) atoms. The first kappa shape index (κ1) is 30.7. The van der Waals surface area contributed by atoms with Crippen molar-refractivity contribution in [2.45, 2.75) is 51.7 Å². The summed E-state index contributed by atoms with van der Waals surface area (Å²) in [4.78, 5) is 13.5. The zero-order valence-corrected chi connectivity index (χ0v) is 26.0. The predicted molar refractivity (Wildman–Crippen MR) is 174 cm³/mol. The maximum Gasteiger partial charge on any atom is 0.411 e. The third-order valence-electron chi connectivity index (χ3n) is 8.74. The summed E-state index contributed by atoms with van der Waals surface area (Å²) in [5.41, 5.74) is 1.95. The van der Waals surface area contributed by atoms with E-state index in [-0.39, 0.29) is 6.10 Å². The molecule has 1 saturated carbocycles. The van der Waals surface area contributed by atoms with Crippen molar-refractivity contribution >= 4 is 23.4 Å². The maximum absolute atomic E-state index is 13.5. The number of carbonyl (C=O) groups excluding carboxylic acids is 1. The zero-order valence-electron chi connectivity index (χ0n) is 25.2. The van der Waals surface area contributed by atoms with Gasteiger partial charge in [0.05, 0.1) is 17.8 Å². The van der Waals surface area contributed by atoms with E-state index in [2.05, 4.69) is 26.1 Å². The fraction of sp³-hybridized carbons (Fsp3) is 0.324. The minimum absolute atomic E-state index is 0.158. The molecule has 0 radical (unpaired) electrons. The first-order valence-electron chi connectivity index (χ1n) is 15.0. The number of nitrogens with one attached hydrogen (secondary N) is 1. The average molecular weight is 598 g/mol. The molecular formula is C37H40ClNO4. The van der Waals surface area contributed by atoms with Crippen LogP contribution in [0.3, 0.4) is 0 Å². The Morgan fingerprint density at radius 1 is 0.884 bits per heavy atom. The van der Waals surface area contributed by atoms with Gasteiger partial charge in [0.15, 0.2) is 0 Å². The number of aliphatic hydroxyl groups is 1. The van der Waals surface area contributed by atoms with Crippen LogP contribution in [0.5, 0.6) is 5.75 Å². The lowest BCUT2D eigenvalue weighted by Gasteiger charge is -2.36. The van der Waals surface area contributed by atoms with E-state index in [0.717, 1.165) is 19.3 Å². The highest BCUT2D eigenvalue weighted by Crippen LogP contribution is 2.49. The second-order valence-electron chi connectivity index (χ2n) is 11.9. The molecule has 0 saturated heterocycles. The minimum atomic E-state index is -1.56. The number of ether oxygens (including phenoxy) is 2. The molecule has 1 amide bonds. The molecule has 1 aliphatic carbocycles. The van der Waals surface area contributed by atoms with Crippen molar-refractivity contribution in [3.63, 3.8) is 0 Å². The standard InChI is InChI=1S/C37H40ClNO4/c1-24(2)28-22-21-25(3)23-33(28)43-36(40)39-31-19-12-18-30(38)35(31)34-29(17-11-20-32(34)42-4)37(41,26-13-7-5-8-14-26)27-15-9-6-10-16-27/h5-20,24-25,28,33,41H,21-23H2,1-4H3,(H,39,40)/t25-,28+,33-/m1/s1. The molecule has 4 aromatic rings. The summed E-state index contributed by atoms with van der Waals surface area (Å²) < 4.78 is 12.0. The number of rotatable bonds is 8. The van der Waals surface area contributed by atoms with Crippen LogP contribution in [0.2, 0.25) is 5.02 Å². The van der Waals surface area contributed by atoms with Crippen LogP contribution in [0.4, 0.5) is 10.5 Å². The SMILES string of the molecule is COc1cccc(C(O)(c2ccccc2)c2ccccc2)c1-c1c(Cl)cccc1NC(=O)O[C@@H]1C[C@H](C)CC[C@H]1C(C)C. The second-order valence-corrected chi connectivity index (χ2v) is 12.3. The van der Waals surface area contributed by atoms with E-state index < -0.39 is 11.7 Å². The quantitative estimate of drug-likeness (QED) is 0.199. The van der Waals surface area contributed by atoms with Crippen molar-refractivity contribution in [3.05, 3.63) is 119 Å². The molecule has 224 valence electrons. The lowest BCUT2D eigenvalue weighted by molar-refractivity contribution is 0.0126. The van der Waals surface area contributed by atoms with Crippen LogP contribution < -0.4 is 10.1 Å². The topological polar surface area (TPSA) is 67.8 Å². The molecule has 5 rings (SSSR count). The van der Waals surface area contributed by atoms with Crippen LogP contribution in [0.1, 0.15) is 56.7 Å². The molecule has 0 aromatic heterocycles. The normalized spacial score (nSPS) is 18.7. The van der Waals surface area contributed by atoms with Crippen LogP contribution >= 0.6 is 11.6 Å². The van der Waals surface area contributed by atoms with Gasteiger partial charge >= 0.3 is 6.09 Å². The molecule has 1 aliphatic rings. The minimum Gasteiger partial charge on any atom is -0.496 e. The zero-order chi connectivity index (χ0) is 30.6. The van der Waals surface area contributed by atoms with E-state index in [9.17, 15) is 9.90 Å². The van der Waals surface area contributed by atoms with Crippen molar-refractivity contribution in [1.29, 1.82) is 0 Å². The molecule has 0 heterocycles. The highest BCUT2D eigenvalue weighted by atomic mass is 35.5. The highest BCUT2D eigenvalue weighted by molar-refractivity contribution is 6.34. The monoisotopic (exact) mass is 597 g/mol. The summed E-state index contributed by atoms with van der Waals surface area (Å²) in [6, 6.07) is 29.9. The Bertz CT molecular complexity index is 1500. The fourth-order valence-corrected chi connectivity index (χ4v) is 6.78. The number of anilines is 1. The molecule has 0 spiro atoms. The van der Waals surface area contributed by atoms with Gasteiger partial charge in [-0.3, -0.25) is 5.32 Å². The average Bonchev–Trinajstić information content (AvgIpc) is 3.01. The molecule has 0 bridgehead atoms. The van der Waals surface area contributed by atoms with Crippen molar-refractivity contribution < 1.29 is 19.4 Å². The first-order valence-corrected chi connectivity index (χ1v) is 15.4.